The maximum atomic E-state index is 13.5. The Labute approximate surface area is 197 Å². The van der Waals surface area contributed by atoms with Gasteiger partial charge in [0.1, 0.15) is 0 Å². The zero-order valence-corrected chi connectivity index (χ0v) is 19.1. The molecule has 0 saturated carbocycles. The number of likely N-dealkylation sites (N-methyl/N-ethyl adjacent to an activating group) is 1. The number of amides is 2. The molecule has 2 amide bonds. The van der Waals surface area contributed by atoms with Gasteiger partial charge in [-0.05, 0) is 18.1 Å². The summed E-state index contributed by atoms with van der Waals surface area (Å²) < 4.78 is 8.15. The molecule has 2 unspecified atom stereocenters. The van der Waals surface area contributed by atoms with Crippen molar-refractivity contribution in [3.63, 3.8) is 0 Å². The lowest BCUT2D eigenvalue weighted by molar-refractivity contribution is -0.135. The van der Waals surface area contributed by atoms with Crippen LogP contribution in [0.5, 0.6) is 0 Å². The molecule has 1 aliphatic carbocycles. The molecular formula is C27H27N3O4. The van der Waals surface area contributed by atoms with Gasteiger partial charge in [-0.15, -0.1) is 0 Å². The number of hydrogen-bond acceptors (Lipinski definition) is 5. The molecule has 6 rings (SSSR count). The third-order valence-corrected chi connectivity index (χ3v) is 7.39. The summed E-state index contributed by atoms with van der Waals surface area (Å²) in [5, 5.41) is 10.8. The summed E-state index contributed by atoms with van der Waals surface area (Å²) in [6.45, 7) is 1.68. The van der Waals surface area contributed by atoms with E-state index in [-0.39, 0.29) is 36.5 Å². The highest BCUT2D eigenvalue weighted by Crippen LogP contribution is 2.44. The second kappa shape index (κ2) is 8.11. The molecule has 4 aliphatic rings. The molecular weight excluding hydrogens is 430 g/mol. The van der Waals surface area contributed by atoms with Gasteiger partial charge in [0.05, 0.1) is 36.5 Å². The van der Waals surface area contributed by atoms with E-state index in [9.17, 15) is 14.7 Å². The van der Waals surface area contributed by atoms with Gasteiger partial charge in [0.25, 0.3) is 11.8 Å². The summed E-state index contributed by atoms with van der Waals surface area (Å²) in [6, 6.07) is 8.02. The van der Waals surface area contributed by atoms with E-state index in [2.05, 4.69) is 21.6 Å². The van der Waals surface area contributed by atoms with Gasteiger partial charge in [-0.25, -0.2) is 0 Å². The first-order valence-electron chi connectivity index (χ1n) is 11.8. The fourth-order valence-electron chi connectivity index (χ4n) is 5.62. The predicted octanol–water partition coefficient (Wildman–Crippen LogP) is 2.49. The van der Waals surface area contributed by atoms with Crippen LogP contribution in [-0.4, -0.2) is 70.2 Å². The third-order valence-electron chi connectivity index (χ3n) is 7.39. The molecule has 7 nitrogen and oxygen atoms in total. The van der Waals surface area contributed by atoms with Crippen molar-refractivity contribution in [2.75, 3.05) is 26.8 Å². The average molecular weight is 458 g/mol. The fourth-order valence-corrected chi connectivity index (χ4v) is 5.62. The Morgan fingerprint density at radius 3 is 2.71 bits per heavy atom. The van der Waals surface area contributed by atoms with Crippen LogP contribution in [0.1, 0.15) is 12.0 Å². The first-order valence-corrected chi connectivity index (χ1v) is 11.8. The van der Waals surface area contributed by atoms with E-state index in [1.165, 1.54) is 4.90 Å². The number of carbonyl (C=O) groups is 2. The number of aryl methyl sites for hydroxylation is 1. The van der Waals surface area contributed by atoms with Crippen molar-refractivity contribution in [3.8, 4) is 0 Å². The van der Waals surface area contributed by atoms with Crippen molar-refractivity contribution in [1.82, 2.24) is 14.4 Å². The molecule has 3 atom stereocenters. The Kier molecular flexibility index (Phi) is 5.04. The van der Waals surface area contributed by atoms with E-state index in [1.54, 1.807) is 7.05 Å². The number of rotatable bonds is 1. The summed E-state index contributed by atoms with van der Waals surface area (Å²) in [6.07, 6.45) is 12.6. The molecule has 34 heavy (non-hydrogen) atoms. The highest BCUT2D eigenvalue weighted by molar-refractivity contribution is 6.38. The molecule has 0 spiro atoms. The SMILES string of the molecule is CN1C(=O)C2=C(C1=O)c1cn(c3ccccc13)CC[C@@H](CO)OCCN1C=C2C2C=CC=CC21. The minimum Gasteiger partial charge on any atom is -0.394 e. The van der Waals surface area contributed by atoms with E-state index >= 15 is 0 Å². The zero-order valence-electron chi connectivity index (χ0n) is 19.1. The second-order valence-corrected chi connectivity index (χ2v) is 9.25. The van der Waals surface area contributed by atoms with Gasteiger partial charge in [-0.2, -0.15) is 0 Å². The molecule has 1 aromatic heterocycles. The van der Waals surface area contributed by atoms with Crippen LogP contribution in [0.15, 0.2) is 72.1 Å². The van der Waals surface area contributed by atoms with Crippen molar-refractivity contribution >= 4 is 28.3 Å². The molecule has 0 saturated heterocycles. The lowest BCUT2D eigenvalue weighted by Gasteiger charge is -2.28. The van der Waals surface area contributed by atoms with Crippen LogP contribution in [0.25, 0.3) is 16.5 Å². The Morgan fingerprint density at radius 2 is 1.85 bits per heavy atom. The van der Waals surface area contributed by atoms with E-state index in [1.807, 2.05) is 48.8 Å². The Bertz CT molecular complexity index is 1310. The number of aliphatic hydroxyl groups excluding tert-OH is 1. The fraction of sp³-hybridized carbons (Fsp3) is 0.333. The molecule has 4 bridgehead atoms. The summed E-state index contributed by atoms with van der Waals surface area (Å²) in [7, 11) is 1.56. The lowest BCUT2D eigenvalue weighted by atomic mass is 9.84. The molecule has 3 aliphatic heterocycles. The van der Waals surface area contributed by atoms with Crippen LogP contribution in [0.4, 0.5) is 0 Å². The molecule has 0 radical (unpaired) electrons. The number of aromatic nitrogens is 1. The van der Waals surface area contributed by atoms with Crippen LogP contribution >= 0.6 is 0 Å². The van der Waals surface area contributed by atoms with Crippen molar-refractivity contribution < 1.29 is 19.4 Å². The van der Waals surface area contributed by atoms with Gasteiger partial charge in [-0.1, -0.05) is 42.5 Å². The summed E-state index contributed by atoms with van der Waals surface area (Å²) >= 11 is 0. The zero-order chi connectivity index (χ0) is 23.4. The smallest absolute Gasteiger partial charge is 0.261 e. The highest BCUT2D eigenvalue weighted by Gasteiger charge is 2.44. The largest absolute Gasteiger partial charge is 0.394 e. The van der Waals surface area contributed by atoms with Crippen LogP contribution in [0.3, 0.4) is 0 Å². The van der Waals surface area contributed by atoms with Gasteiger partial charge < -0.3 is 19.3 Å². The van der Waals surface area contributed by atoms with Gasteiger partial charge in [0, 0.05) is 54.9 Å². The Morgan fingerprint density at radius 1 is 1.06 bits per heavy atom. The van der Waals surface area contributed by atoms with Crippen molar-refractivity contribution in [1.29, 1.82) is 0 Å². The highest BCUT2D eigenvalue weighted by atomic mass is 16.5. The van der Waals surface area contributed by atoms with Gasteiger partial charge in [0.2, 0.25) is 0 Å². The number of hydrogen-bond donors (Lipinski definition) is 1. The Balaban J connectivity index is 1.60. The second-order valence-electron chi connectivity index (χ2n) is 9.25. The maximum Gasteiger partial charge on any atom is 0.261 e. The number of carbonyl (C=O) groups excluding carboxylic acids is 2. The lowest BCUT2D eigenvalue weighted by Crippen LogP contribution is -2.34. The van der Waals surface area contributed by atoms with E-state index in [0.717, 1.165) is 22.0 Å². The Hall–Kier alpha value is -3.42. The normalized spacial score (nSPS) is 26.8. The predicted molar refractivity (Wildman–Crippen MR) is 128 cm³/mol. The molecule has 0 fully saturated rings. The third kappa shape index (κ3) is 3.11. The molecule has 174 valence electrons. The minimum absolute atomic E-state index is 0.0228. The van der Waals surface area contributed by atoms with Gasteiger partial charge >= 0.3 is 0 Å². The number of ether oxygens (including phenoxy) is 1. The van der Waals surface area contributed by atoms with Crippen LogP contribution in [0.2, 0.25) is 0 Å². The first kappa shape index (κ1) is 21.1. The quantitative estimate of drug-likeness (QED) is 0.666. The van der Waals surface area contributed by atoms with E-state index in [0.29, 0.717) is 37.3 Å². The maximum absolute atomic E-state index is 13.5. The molecule has 2 aromatic rings. The molecule has 1 N–H and O–H groups in total. The number of imide groups is 1. The molecule has 7 heteroatoms. The van der Waals surface area contributed by atoms with Crippen LogP contribution in [-0.2, 0) is 20.9 Å². The van der Waals surface area contributed by atoms with Crippen molar-refractivity contribution in [2.45, 2.75) is 25.1 Å². The van der Waals surface area contributed by atoms with Crippen LogP contribution in [0, 0.1) is 5.92 Å². The van der Waals surface area contributed by atoms with Crippen molar-refractivity contribution in [3.05, 3.63) is 77.7 Å². The number of allylic oxidation sites excluding steroid dienone is 2. The number of fused-ring (bicyclic) bond motifs is 11. The number of benzene rings is 1. The number of para-hydroxylation sites is 1. The minimum atomic E-state index is -0.271. The van der Waals surface area contributed by atoms with E-state index in [4.69, 9.17) is 4.74 Å². The summed E-state index contributed by atoms with van der Waals surface area (Å²) in [4.78, 5) is 30.4. The van der Waals surface area contributed by atoms with E-state index < -0.39 is 0 Å². The van der Waals surface area contributed by atoms with Gasteiger partial charge in [0.15, 0.2) is 0 Å². The standard InChI is InChI=1S/C27H27N3O4/c1-28-26(32)24-20-14-29(22-8-4-2-6-18(20)22)11-10-17(16-31)34-13-12-30-15-21(25(24)27(28)33)19-7-3-5-9-23(19)30/h2-9,14-15,17,19,23,31H,10-13,16H2,1H3/t17-,19?,23?/m0/s1. The van der Waals surface area contributed by atoms with Crippen LogP contribution < -0.4 is 0 Å². The number of nitrogens with zero attached hydrogens (tertiary/aromatic N) is 3. The molecule has 1 aromatic carbocycles. The summed E-state index contributed by atoms with van der Waals surface area (Å²) in [5.41, 5.74) is 3.61. The van der Waals surface area contributed by atoms with Gasteiger partial charge in [-0.3, -0.25) is 14.5 Å². The monoisotopic (exact) mass is 457 g/mol. The molecule has 4 heterocycles. The topological polar surface area (TPSA) is 75.0 Å². The summed E-state index contributed by atoms with van der Waals surface area (Å²) in [5.74, 6) is -0.543. The van der Waals surface area contributed by atoms with Crippen molar-refractivity contribution in [2.24, 2.45) is 5.92 Å². The first-order chi connectivity index (χ1) is 16.6. The number of aliphatic hydroxyl groups is 1. The average Bonchev–Trinajstić information content (AvgIpc) is 3.47.